The Bertz CT molecular complexity index is 4300. The molecule has 2 saturated carbocycles. The van der Waals surface area contributed by atoms with E-state index in [0.717, 1.165) is 10.8 Å². The number of ketones is 9. The summed E-state index contributed by atoms with van der Waals surface area (Å²) in [6, 6.07) is -1.17. The molecule has 0 aromatic heterocycles. The first-order valence-electron chi connectivity index (χ1n) is 44.8. The molecule has 46 heteroatoms. The predicted octanol–water partition coefficient (Wildman–Crippen LogP) is -0.906. The number of Topliss-reactive ketones (excluding diaryl/α,β-unsaturated/α-hetero) is 9. The topological polar surface area (TPSA) is 843 Å². The van der Waals surface area contributed by atoms with Gasteiger partial charge in [-0.3, -0.25) is 97.5 Å². The number of hydrogen-bond acceptors (Lipinski definition) is 28. The van der Waals surface area contributed by atoms with Gasteiger partial charge in [0.15, 0.2) is 59.2 Å². The van der Waals surface area contributed by atoms with Crippen molar-refractivity contribution in [1.82, 2.24) is 5.32 Å². The normalized spacial score (nSPS) is 21.0. The maximum absolute atomic E-state index is 15.3. The molecule has 4 aliphatic carbocycles. The second-order valence-electron chi connectivity index (χ2n) is 35.5. The van der Waals surface area contributed by atoms with Crippen molar-refractivity contribution in [3.05, 3.63) is 23.3 Å². The largest absolute Gasteiger partial charge is 0.508 e. The zero-order valence-electron chi connectivity index (χ0n) is 77.2. The number of rotatable bonds is 67. The van der Waals surface area contributed by atoms with Crippen molar-refractivity contribution in [2.75, 3.05) is 77.1 Å². The molecule has 4 rings (SSSR count). The van der Waals surface area contributed by atoms with Gasteiger partial charge < -0.3 is 127 Å². The van der Waals surface area contributed by atoms with Crippen LogP contribution in [0.1, 0.15) is 208 Å². The van der Waals surface area contributed by atoms with Crippen LogP contribution in [0.4, 0.5) is 4.79 Å². The summed E-state index contributed by atoms with van der Waals surface area (Å²) >= 11 is 0. The summed E-state index contributed by atoms with van der Waals surface area (Å²) in [5.41, 5.74) is 91.7. The summed E-state index contributed by atoms with van der Waals surface area (Å²) in [5, 5.41) is 27.8. The van der Waals surface area contributed by atoms with Crippen LogP contribution in [0.3, 0.4) is 0 Å². The number of carbonyl (C=O) groups excluding carboxylic acids is 13. The summed E-state index contributed by atoms with van der Waals surface area (Å²) in [4.78, 5) is 218. The van der Waals surface area contributed by atoms with Crippen molar-refractivity contribution in [2.45, 2.75) is 231 Å². The highest BCUT2D eigenvalue weighted by atomic mass is 33.1. The first kappa shape index (κ1) is 113. The van der Waals surface area contributed by atoms with E-state index in [0.29, 0.717) is 12.0 Å². The lowest BCUT2D eigenvalue weighted by Crippen LogP contribution is -2.61. The molecular formula is C86H146N26O18S2. The molecule has 0 aromatic rings. The molecule has 44 nitrogen and oxygen atoms in total. The van der Waals surface area contributed by atoms with Crippen molar-refractivity contribution < 1.29 is 86.8 Å². The van der Waals surface area contributed by atoms with E-state index in [2.05, 4.69) is 45.3 Å². The zero-order chi connectivity index (χ0) is 99.0. The molecule has 0 radical (unpaired) electrons. The summed E-state index contributed by atoms with van der Waals surface area (Å²) in [6.07, 6.45) is 0.507. The van der Waals surface area contributed by atoms with Gasteiger partial charge in [0.25, 0.3) is 0 Å². The minimum Gasteiger partial charge on any atom is -0.458 e. The number of guanidine groups is 8. The van der Waals surface area contributed by atoms with E-state index in [1.54, 1.807) is 19.1 Å². The Morgan fingerprint density at radius 2 is 0.750 bits per heavy atom. The molecule has 0 saturated heterocycles. The van der Waals surface area contributed by atoms with Gasteiger partial charge in [0, 0.05) is 206 Å². The van der Waals surface area contributed by atoms with E-state index in [-0.39, 0.29) is 246 Å². The molecule has 0 bridgehead atoms. The maximum Gasteiger partial charge on any atom is 0.508 e. The third kappa shape index (κ3) is 37.2. The summed E-state index contributed by atoms with van der Waals surface area (Å²) in [6.45, 7) is 9.53. The molecule has 0 spiro atoms. The first-order valence-corrected chi connectivity index (χ1v) is 47.3. The Kier molecular flexibility index (Phi) is 47.6. The monoisotopic (exact) mass is 1900 g/mol. The molecule has 2 amide bonds. The molecular weight excluding hydrogens is 1750 g/mol. The maximum atomic E-state index is 15.3. The van der Waals surface area contributed by atoms with Gasteiger partial charge in [0.2, 0.25) is 11.8 Å². The van der Waals surface area contributed by atoms with Crippen molar-refractivity contribution in [2.24, 2.45) is 214 Å². The number of aliphatic hydroxyl groups is 2. The molecule has 16 atom stereocenters. The van der Waals surface area contributed by atoms with Gasteiger partial charge >= 0.3 is 12.1 Å². The number of carbonyl (C=O) groups is 13. The number of esters is 1. The fourth-order valence-electron chi connectivity index (χ4n) is 18.4. The van der Waals surface area contributed by atoms with Crippen LogP contribution in [0.25, 0.3) is 0 Å². The lowest BCUT2D eigenvalue weighted by atomic mass is 9.60. The molecule has 0 unspecified atom stereocenters. The fourth-order valence-corrected chi connectivity index (χ4v) is 20.5. The Morgan fingerprint density at radius 1 is 0.447 bits per heavy atom. The molecule has 4 aliphatic rings. The van der Waals surface area contributed by atoms with Crippen LogP contribution in [0.5, 0.6) is 0 Å². The highest BCUT2D eigenvalue weighted by molar-refractivity contribution is 8.76. The third-order valence-corrected chi connectivity index (χ3v) is 27.4. The second kappa shape index (κ2) is 55.5. The van der Waals surface area contributed by atoms with Crippen LogP contribution in [0, 0.1) is 76.4 Å². The number of fused-ring (bicyclic) bond motifs is 5. The smallest absolute Gasteiger partial charge is 0.458 e. The summed E-state index contributed by atoms with van der Waals surface area (Å²) in [7, 11) is 2.33. The summed E-state index contributed by atoms with van der Waals surface area (Å²) < 4.78 is 17.0. The Labute approximate surface area is 779 Å². The van der Waals surface area contributed by atoms with Gasteiger partial charge in [0.1, 0.15) is 64.9 Å². The van der Waals surface area contributed by atoms with E-state index in [1.165, 1.54) is 24.6 Å². The molecule has 740 valence electrons. The highest BCUT2D eigenvalue weighted by Gasteiger charge is 2.83. The zero-order valence-corrected chi connectivity index (χ0v) is 78.8. The van der Waals surface area contributed by atoms with E-state index in [1.807, 2.05) is 20.8 Å². The van der Waals surface area contributed by atoms with E-state index in [9.17, 15) is 48.6 Å². The van der Waals surface area contributed by atoms with Crippen LogP contribution in [0.2, 0.25) is 0 Å². The number of aliphatic imine (C=N–C) groups is 8. The lowest BCUT2D eigenvalue weighted by molar-refractivity contribution is -0.186. The van der Waals surface area contributed by atoms with Gasteiger partial charge in [-0.1, -0.05) is 54.5 Å². The minimum absolute atomic E-state index is 0.000175. The Hall–Kier alpha value is -11.0. The molecule has 37 N–H and O–H groups in total. The van der Waals surface area contributed by atoms with Gasteiger partial charge in [0.05, 0.1) is 11.6 Å². The van der Waals surface area contributed by atoms with Gasteiger partial charge in [-0.25, -0.2) is 4.79 Å². The first-order chi connectivity index (χ1) is 62.0. The SMILES string of the molecule is CC(=O)N[C@H](CSSCCOC(=O)OCC1=C[C@H]2[C@@H]3C(C)(C)[C@]3(OC(C)=O)C[C@@H](C)[C@]2(O)[C@@H]2C=C(C)C(=O)[C@@]2(O)C1)C(=O)C[C@H](CCCN=C(N)N)C(=O)C[C@H](CCCN=C(N)N)C(=O)C[C@H](CCCN=C(N)N)C(=O)C[C@H](CCCN=C(N)N)C(=O)C[C@H](CCCN=C(N)N)C(=O)C[C@H](CCCN=C(N)N)C(=O)C[C@H](CCCN=C(N)N)C(=O)C[C@H](CCCN=C(N)N)C(N)=O. The highest BCUT2D eigenvalue weighted by Crippen LogP contribution is 2.76. The fraction of sp³-hybridized carbons (Fsp3) is 0.709. The van der Waals surface area contributed by atoms with Crippen LogP contribution >= 0.6 is 21.6 Å². The number of primary amides is 1. The van der Waals surface area contributed by atoms with Crippen molar-refractivity contribution in [1.29, 1.82) is 0 Å². The average Bonchev–Trinajstić information content (AvgIpc) is 1.47. The minimum atomic E-state index is -2.07. The van der Waals surface area contributed by atoms with Crippen LogP contribution in [-0.4, -0.2) is 234 Å². The Balaban J connectivity index is 1.64. The van der Waals surface area contributed by atoms with Gasteiger partial charge in [-0.05, 0) is 133 Å². The van der Waals surface area contributed by atoms with Gasteiger partial charge in [-0.2, -0.15) is 0 Å². The number of amides is 2. The van der Waals surface area contributed by atoms with Gasteiger partial charge in [-0.15, -0.1) is 0 Å². The molecule has 0 aliphatic heterocycles. The Morgan fingerprint density at radius 3 is 1.05 bits per heavy atom. The van der Waals surface area contributed by atoms with Crippen LogP contribution in [0.15, 0.2) is 63.2 Å². The predicted molar refractivity (Wildman–Crippen MR) is 507 cm³/mol. The lowest BCUT2D eigenvalue weighted by Gasteiger charge is -2.50. The van der Waals surface area contributed by atoms with Crippen LogP contribution < -0.4 is 103 Å². The molecule has 132 heavy (non-hydrogen) atoms. The van der Waals surface area contributed by atoms with Crippen molar-refractivity contribution >= 4 is 145 Å². The number of nitrogens with two attached hydrogens (primary N) is 17. The van der Waals surface area contributed by atoms with Crippen LogP contribution in [-0.2, 0) is 71.7 Å². The van der Waals surface area contributed by atoms with E-state index in [4.69, 9.17) is 112 Å². The van der Waals surface area contributed by atoms with E-state index < -0.39 is 220 Å². The number of hydrogen-bond donors (Lipinski definition) is 20. The number of nitrogens with zero attached hydrogens (tertiary/aromatic N) is 8. The standard InChI is InChI=1S/C86H146N26O18S2/c1-47-33-70-84(126,72(47)123)44-51(34-60-71-83(5,6)85(71,130-50(4)114)43-48(2)86(60,70)127)45-129-82(125)128-31-32-131-132-46-61(112-49(3)113)69(122)41-58(21-13-29-110-80(100)101)67(120)39-56(19-11-27-108-78(96)97)65(118)37-54(17-9-25-106-76(92)93)63(116)35-52(15-7-23-104-74(88)89)62(115)36-53(16-8-24-105-75(90)91)64(117)38-55(18-10-26-107-77(94)95)66(119)40-57(20-12-28-109-79(98)99)68(121)42-59(73(87)124)22-14-30-111-81(102)103/h33-34,48,52-61,70-71,126-127H,7-32,35-46H2,1-6H3,(H2,87,124)(H,112,113)(H4,88,89,104)(H4,90,91,105)(H4,92,93,106)(H4,94,95,107)(H4,96,97,108)(H4,98,99,109)(H4,100,101,110)(H4,102,103,111)/t48-,52+,53+,54+,55+,56+,57+,58+,59+,60+,61-,70-,71-,84-,85+,86-/m1/s1. The third-order valence-electron chi connectivity index (χ3n) is 25.1. The number of nitrogens with one attached hydrogen (secondary N) is 1. The average molecular weight is 1900 g/mol. The van der Waals surface area contributed by atoms with Crippen molar-refractivity contribution in [3.63, 3.8) is 0 Å². The van der Waals surface area contributed by atoms with E-state index >= 15 is 24.0 Å². The molecule has 2 fully saturated rings. The quantitative estimate of drug-likeness (QED) is 0.00876. The van der Waals surface area contributed by atoms with Crippen molar-refractivity contribution in [3.8, 4) is 0 Å². The number of ether oxygens (including phenoxy) is 3. The molecule has 0 aromatic carbocycles. The second-order valence-corrected chi connectivity index (χ2v) is 38.1. The summed E-state index contributed by atoms with van der Waals surface area (Å²) in [5.74, 6) is -19.9. The molecule has 0 heterocycles.